The van der Waals surface area contributed by atoms with E-state index in [4.69, 9.17) is 0 Å². The third-order valence-corrected chi connectivity index (χ3v) is 2.34. The molecule has 0 aliphatic carbocycles. The van der Waals surface area contributed by atoms with E-state index in [1.165, 1.54) is 0 Å². The van der Waals surface area contributed by atoms with E-state index in [1.54, 1.807) is 30.1 Å². The molecule has 0 unspecified atom stereocenters. The first kappa shape index (κ1) is 12.5. The monoisotopic (exact) mass is 222 g/mol. The first-order chi connectivity index (χ1) is 7.63. The van der Waals surface area contributed by atoms with Gasteiger partial charge in [-0.2, -0.15) is 0 Å². The van der Waals surface area contributed by atoms with Gasteiger partial charge in [0.2, 0.25) is 5.91 Å². The van der Waals surface area contributed by atoms with Crippen LogP contribution < -0.4 is 5.32 Å². The number of carbonyl (C=O) groups is 1. The summed E-state index contributed by atoms with van der Waals surface area (Å²) in [6.45, 7) is 1.21. The SMILES string of the molecule is CNCCC(=O)N(C)Cc1cccc(O)c1. The summed E-state index contributed by atoms with van der Waals surface area (Å²) >= 11 is 0. The fourth-order valence-electron chi connectivity index (χ4n) is 1.44. The van der Waals surface area contributed by atoms with Crippen molar-refractivity contribution in [2.75, 3.05) is 20.6 Å². The molecule has 0 saturated heterocycles. The summed E-state index contributed by atoms with van der Waals surface area (Å²) in [7, 11) is 3.59. The van der Waals surface area contributed by atoms with Crippen molar-refractivity contribution in [2.45, 2.75) is 13.0 Å². The van der Waals surface area contributed by atoms with Crippen LogP contribution in [0.4, 0.5) is 0 Å². The highest BCUT2D eigenvalue weighted by atomic mass is 16.3. The molecule has 0 fully saturated rings. The van der Waals surface area contributed by atoms with Gasteiger partial charge in [0.1, 0.15) is 5.75 Å². The first-order valence-electron chi connectivity index (χ1n) is 5.30. The average Bonchev–Trinajstić information content (AvgIpc) is 2.25. The second-order valence-corrected chi connectivity index (χ2v) is 3.77. The number of benzene rings is 1. The van der Waals surface area contributed by atoms with E-state index in [9.17, 15) is 9.90 Å². The molecule has 1 rings (SSSR count). The van der Waals surface area contributed by atoms with E-state index < -0.39 is 0 Å². The van der Waals surface area contributed by atoms with Crippen molar-refractivity contribution in [1.82, 2.24) is 10.2 Å². The number of phenols is 1. The van der Waals surface area contributed by atoms with Crippen LogP contribution in [0.2, 0.25) is 0 Å². The number of aromatic hydroxyl groups is 1. The predicted octanol–water partition coefficient (Wildman–Crippen LogP) is 0.960. The van der Waals surface area contributed by atoms with Crippen LogP contribution in [0.25, 0.3) is 0 Å². The number of hydrogen-bond acceptors (Lipinski definition) is 3. The molecule has 4 nitrogen and oxygen atoms in total. The molecular weight excluding hydrogens is 204 g/mol. The molecule has 0 aromatic heterocycles. The fraction of sp³-hybridized carbons (Fsp3) is 0.417. The molecule has 2 N–H and O–H groups in total. The number of phenolic OH excluding ortho intramolecular Hbond substituents is 1. The zero-order valence-electron chi connectivity index (χ0n) is 9.73. The number of nitrogens with one attached hydrogen (secondary N) is 1. The van der Waals surface area contributed by atoms with Gasteiger partial charge in [0.25, 0.3) is 0 Å². The van der Waals surface area contributed by atoms with Gasteiger partial charge in [-0.1, -0.05) is 12.1 Å². The van der Waals surface area contributed by atoms with Crippen molar-refractivity contribution in [3.63, 3.8) is 0 Å². The number of hydrogen-bond donors (Lipinski definition) is 2. The van der Waals surface area contributed by atoms with Crippen molar-refractivity contribution < 1.29 is 9.90 Å². The lowest BCUT2D eigenvalue weighted by atomic mass is 10.2. The van der Waals surface area contributed by atoms with Gasteiger partial charge in [0.15, 0.2) is 0 Å². The highest BCUT2D eigenvalue weighted by molar-refractivity contribution is 5.76. The molecule has 0 heterocycles. The second-order valence-electron chi connectivity index (χ2n) is 3.77. The van der Waals surface area contributed by atoms with Crippen LogP contribution in [-0.2, 0) is 11.3 Å². The van der Waals surface area contributed by atoms with Gasteiger partial charge in [-0.15, -0.1) is 0 Å². The Hall–Kier alpha value is -1.55. The second kappa shape index (κ2) is 6.12. The summed E-state index contributed by atoms with van der Waals surface area (Å²) in [6, 6.07) is 6.95. The van der Waals surface area contributed by atoms with Gasteiger partial charge in [0.05, 0.1) is 0 Å². The number of amides is 1. The lowest BCUT2D eigenvalue weighted by Gasteiger charge is -2.17. The van der Waals surface area contributed by atoms with Crippen LogP contribution in [0, 0.1) is 0 Å². The minimum Gasteiger partial charge on any atom is -0.508 e. The van der Waals surface area contributed by atoms with E-state index in [0.717, 1.165) is 5.56 Å². The number of nitrogens with zero attached hydrogens (tertiary/aromatic N) is 1. The largest absolute Gasteiger partial charge is 0.508 e. The summed E-state index contributed by atoms with van der Waals surface area (Å²) in [6.07, 6.45) is 0.492. The van der Waals surface area contributed by atoms with Gasteiger partial charge in [0, 0.05) is 26.6 Å². The van der Waals surface area contributed by atoms with Crippen LogP contribution in [0.5, 0.6) is 5.75 Å². The van der Waals surface area contributed by atoms with Crippen molar-refractivity contribution in [3.8, 4) is 5.75 Å². The van der Waals surface area contributed by atoms with Crippen LogP contribution in [0.1, 0.15) is 12.0 Å². The minimum atomic E-state index is 0.0951. The molecule has 0 atom stereocenters. The highest BCUT2D eigenvalue weighted by Crippen LogP contribution is 2.12. The molecule has 1 amide bonds. The van der Waals surface area contributed by atoms with E-state index >= 15 is 0 Å². The van der Waals surface area contributed by atoms with Gasteiger partial charge >= 0.3 is 0 Å². The normalized spacial score (nSPS) is 10.1. The van der Waals surface area contributed by atoms with Crippen LogP contribution in [0.3, 0.4) is 0 Å². The Labute approximate surface area is 95.9 Å². The summed E-state index contributed by atoms with van der Waals surface area (Å²) in [5.41, 5.74) is 0.931. The van der Waals surface area contributed by atoms with Gasteiger partial charge in [-0.25, -0.2) is 0 Å². The van der Waals surface area contributed by atoms with E-state index in [1.807, 2.05) is 13.1 Å². The third kappa shape index (κ3) is 3.90. The maximum atomic E-state index is 11.6. The highest BCUT2D eigenvalue weighted by Gasteiger charge is 2.08. The predicted molar refractivity (Wildman–Crippen MR) is 63.1 cm³/mol. The molecule has 16 heavy (non-hydrogen) atoms. The molecule has 0 spiro atoms. The zero-order valence-corrected chi connectivity index (χ0v) is 9.73. The summed E-state index contributed by atoms with van der Waals surface area (Å²) in [5, 5.41) is 12.2. The summed E-state index contributed by atoms with van der Waals surface area (Å²) < 4.78 is 0. The van der Waals surface area contributed by atoms with Gasteiger partial charge < -0.3 is 15.3 Å². The molecule has 0 aliphatic rings. The lowest BCUT2D eigenvalue weighted by Crippen LogP contribution is -2.28. The first-order valence-corrected chi connectivity index (χ1v) is 5.30. The van der Waals surface area contributed by atoms with Crippen molar-refractivity contribution in [3.05, 3.63) is 29.8 Å². The Balaban J connectivity index is 2.50. The third-order valence-electron chi connectivity index (χ3n) is 2.34. The molecule has 4 heteroatoms. The van der Waals surface area contributed by atoms with Crippen LogP contribution in [0.15, 0.2) is 24.3 Å². The standard InChI is InChI=1S/C12H18N2O2/c1-13-7-6-12(16)14(2)9-10-4-3-5-11(15)8-10/h3-5,8,13,15H,6-7,9H2,1-2H3. The minimum absolute atomic E-state index is 0.0951. The van der Waals surface area contributed by atoms with Crippen LogP contribution >= 0.6 is 0 Å². The molecule has 0 bridgehead atoms. The quantitative estimate of drug-likeness (QED) is 0.780. The van der Waals surface area contributed by atoms with E-state index in [-0.39, 0.29) is 11.7 Å². The Morgan fingerprint density at radius 1 is 1.50 bits per heavy atom. The van der Waals surface area contributed by atoms with Crippen LogP contribution in [-0.4, -0.2) is 36.6 Å². The van der Waals surface area contributed by atoms with Gasteiger partial charge in [-0.3, -0.25) is 4.79 Å². The van der Waals surface area contributed by atoms with Gasteiger partial charge in [-0.05, 0) is 24.7 Å². The molecule has 88 valence electrons. The maximum Gasteiger partial charge on any atom is 0.223 e. The summed E-state index contributed by atoms with van der Waals surface area (Å²) in [4.78, 5) is 13.3. The molecule has 0 radical (unpaired) electrons. The summed E-state index contributed by atoms with van der Waals surface area (Å²) in [5.74, 6) is 0.325. The zero-order chi connectivity index (χ0) is 12.0. The molecule has 0 saturated carbocycles. The topological polar surface area (TPSA) is 52.6 Å². The number of rotatable bonds is 5. The van der Waals surface area contributed by atoms with Crippen molar-refractivity contribution >= 4 is 5.91 Å². The Morgan fingerprint density at radius 3 is 2.88 bits per heavy atom. The fourth-order valence-corrected chi connectivity index (χ4v) is 1.44. The number of carbonyl (C=O) groups excluding carboxylic acids is 1. The average molecular weight is 222 g/mol. The Bertz CT molecular complexity index is 353. The van der Waals surface area contributed by atoms with Crippen molar-refractivity contribution in [1.29, 1.82) is 0 Å². The smallest absolute Gasteiger partial charge is 0.223 e. The lowest BCUT2D eigenvalue weighted by molar-refractivity contribution is -0.130. The molecular formula is C12H18N2O2. The van der Waals surface area contributed by atoms with E-state index in [0.29, 0.717) is 19.5 Å². The van der Waals surface area contributed by atoms with Crippen molar-refractivity contribution in [2.24, 2.45) is 0 Å². The molecule has 0 aliphatic heterocycles. The maximum absolute atomic E-state index is 11.6. The molecule has 1 aromatic carbocycles. The Kier molecular flexibility index (Phi) is 4.79. The van der Waals surface area contributed by atoms with E-state index in [2.05, 4.69) is 5.32 Å². The Morgan fingerprint density at radius 2 is 2.25 bits per heavy atom. The molecule has 1 aromatic rings.